The van der Waals surface area contributed by atoms with Gasteiger partial charge in [-0.1, -0.05) is 40.2 Å². The summed E-state index contributed by atoms with van der Waals surface area (Å²) in [6.45, 7) is 6.70. The van der Waals surface area contributed by atoms with Crippen LogP contribution in [0.5, 0.6) is 5.75 Å². The van der Waals surface area contributed by atoms with Crippen LogP contribution in [-0.2, 0) is 6.54 Å². The molecule has 0 saturated heterocycles. The molecule has 0 amide bonds. The number of hydrogen-bond donors (Lipinski definition) is 1. The second kappa shape index (κ2) is 5.17. The Hall–Kier alpha value is -0.800. The minimum Gasteiger partial charge on any atom is -0.488 e. The van der Waals surface area contributed by atoms with Crippen molar-refractivity contribution in [2.75, 3.05) is 6.61 Å². The number of halogens is 1. The first-order valence-corrected chi connectivity index (χ1v) is 5.18. The van der Waals surface area contributed by atoms with Gasteiger partial charge in [-0.05, 0) is 13.0 Å². The van der Waals surface area contributed by atoms with Crippen molar-refractivity contribution in [1.82, 2.24) is 0 Å². The van der Waals surface area contributed by atoms with E-state index in [9.17, 15) is 0 Å². The van der Waals surface area contributed by atoms with Crippen LogP contribution < -0.4 is 10.5 Å². The predicted octanol–water partition coefficient (Wildman–Crippen LogP) is 2.74. The molecule has 0 aromatic heterocycles. The van der Waals surface area contributed by atoms with E-state index in [1.165, 1.54) is 5.56 Å². The van der Waals surface area contributed by atoms with Gasteiger partial charge < -0.3 is 10.5 Å². The zero-order valence-corrected chi connectivity index (χ0v) is 9.80. The molecule has 1 rings (SSSR count). The fraction of sp³-hybridized carbons (Fsp3) is 0.273. The van der Waals surface area contributed by atoms with E-state index in [4.69, 9.17) is 10.5 Å². The van der Waals surface area contributed by atoms with Gasteiger partial charge in [-0.25, -0.2) is 0 Å². The molecule has 0 heterocycles. The zero-order valence-electron chi connectivity index (χ0n) is 8.22. The summed E-state index contributed by atoms with van der Waals surface area (Å²) in [5.41, 5.74) is 7.83. The van der Waals surface area contributed by atoms with Gasteiger partial charge in [-0.15, -0.1) is 0 Å². The lowest BCUT2D eigenvalue weighted by Crippen LogP contribution is -2.03. The highest BCUT2D eigenvalue weighted by atomic mass is 79.9. The molecule has 1 aromatic carbocycles. The first-order chi connectivity index (χ1) is 6.63. The molecule has 3 heteroatoms. The number of nitrogens with two attached hydrogens (primary N) is 1. The summed E-state index contributed by atoms with van der Waals surface area (Å²) in [4.78, 5) is 0. The van der Waals surface area contributed by atoms with Crippen molar-refractivity contribution < 1.29 is 4.74 Å². The van der Waals surface area contributed by atoms with Gasteiger partial charge in [-0.2, -0.15) is 0 Å². The standard InChI is InChI=1S/C11H14BrNO/c1-8-3-4-11(10(5-8)6-13)14-7-9(2)12/h3-5H,2,6-7,13H2,1H3. The van der Waals surface area contributed by atoms with Crippen molar-refractivity contribution in [1.29, 1.82) is 0 Å². The van der Waals surface area contributed by atoms with E-state index in [0.717, 1.165) is 15.8 Å². The molecule has 0 atom stereocenters. The highest BCUT2D eigenvalue weighted by Gasteiger charge is 2.02. The van der Waals surface area contributed by atoms with E-state index >= 15 is 0 Å². The monoisotopic (exact) mass is 255 g/mol. The molecule has 2 N–H and O–H groups in total. The molecule has 0 radical (unpaired) electrons. The number of aryl methyl sites for hydroxylation is 1. The Morgan fingerprint density at radius 3 is 2.86 bits per heavy atom. The third kappa shape index (κ3) is 3.16. The molecule has 0 spiro atoms. The molecule has 0 aliphatic carbocycles. The lowest BCUT2D eigenvalue weighted by molar-refractivity contribution is 0.357. The number of hydrogen-bond acceptors (Lipinski definition) is 2. The fourth-order valence-corrected chi connectivity index (χ4v) is 1.28. The van der Waals surface area contributed by atoms with Crippen LogP contribution in [0.25, 0.3) is 0 Å². The van der Waals surface area contributed by atoms with Gasteiger partial charge in [0.25, 0.3) is 0 Å². The summed E-state index contributed by atoms with van der Waals surface area (Å²) in [6, 6.07) is 5.98. The van der Waals surface area contributed by atoms with Crippen LogP contribution in [0.1, 0.15) is 11.1 Å². The quantitative estimate of drug-likeness (QED) is 0.898. The van der Waals surface area contributed by atoms with E-state index in [1.807, 2.05) is 25.1 Å². The van der Waals surface area contributed by atoms with Crippen LogP contribution >= 0.6 is 15.9 Å². The lowest BCUT2D eigenvalue weighted by Gasteiger charge is -2.10. The van der Waals surface area contributed by atoms with Crippen molar-refractivity contribution in [2.45, 2.75) is 13.5 Å². The van der Waals surface area contributed by atoms with Crippen LogP contribution in [0.15, 0.2) is 29.3 Å². The lowest BCUT2D eigenvalue weighted by atomic mass is 10.1. The zero-order chi connectivity index (χ0) is 10.6. The van der Waals surface area contributed by atoms with Gasteiger partial charge in [0.2, 0.25) is 0 Å². The first kappa shape index (κ1) is 11.3. The molecule has 1 aromatic rings. The van der Waals surface area contributed by atoms with E-state index < -0.39 is 0 Å². The van der Waals surface area contributed by atoms with Crippen LogP contribution in [0.4, 0.5) is 0 Å². The maximum absolute atomic E-state index is 5.61. The summed E-state index contributed by atoms with van der Waals surface area (Å²) < 4.78 is 6.34. The molecular weight excluding hydrogens is 242 g/mol. The van der Waals surface area contributed by atoms with E-state index in [2.05, 4.69) is 22.5 Å². The van der Waals surface area contributed by atoms with Crippen molar-refractivity contribution in [2.24, 2.45) is 5.73 Å². The van der Waals surface area contributed by atoms with Crippen LogP contribution in [0.3, 0.4) is 0 Å². The molecule has 0 unspecified atom stereocenters. The van der Waals surface area contributed by atoms with Crippen molar-refractivity contribution in [3.63, 3.8) is 0 Å². The third-order valence-electron chi connectivity index (χ3n) is 1.82. The maximum atomic E-state index is 5.61. The molecule has 0 bridgehead atoms. The normalized spacial score (nSPS) is 9.93. The highest BCUT2D eigenvalue weighted by Crippen LogP contribution is 2.20. The smallest absolute Gasteiger partial charge is 0.124 e. The first-order valence-electron chi connectivity index (χ1n) is 4.39. The third-order valence-corrected chi connectivity index (χ3v) is 2.05. The topological polar surface area (TPSA) is 35.2 Å². The number of rotatable bonds is 4. The van der Waals surface area contributed by atoms with Crippen molar-refractivity contribution >= 4 is 15.9 Å². The Morgan fingerprint density at radius 1 is 1.57 bits per heavy atom. The summed E-state index contributed by atoms with van der Waals surface area (Å²) in [7, 11) is 0. The second-order valence-corrected chi connectivity index (χ2v) is 4.24. The van der Waals surface area contributed by atoms with Gasteiger partial charge in [0.15, 0.2) is 0 Å². The fourth-order valence-electron chi connectivity index (χ4n) is 1.16. The Bertz CT molecular complexity index is 336. The molecule has 0 aliphatic heterocycles. The Labute approximate surface area is 92.9 Å². The van der Waals surface area contributed by atoms with Gasteiger partial charge in [0, 0.05) is 16.6 Å². The van der Waals surface area contributed by atoms with E-state index in [0.29, 0.717) is 13.2 Å². The van der Waals surface area contributed by atoms with Crippen LogP contribution in [-0.4, -0.2) is 6.61 Å². The SMILES string of the molecule is C=C(Br)COc1ccc(C)cc1CN. The Balaban J connectivity index is 2.80. The Morgan fingerprint density at radius 2 is 2.29 bits per heavy atom. The number of benzene rings is 1. The highest BCUT2D eigenvalue weighted by molar-refractivity contribution is 9.11. The summed E-state index contributed by atoms with van der Waals surface area (Å²) in [5, 5.41) is 0. The van der Waals surface area contributed by atoms with E-state index in [-0.39, 0.29) is 0 Å². The molecule has 14 heavy (non-hydrogen) atoms. The van der Waals surface area contributed by atoms with Crippen LogP contribution in [0, 0.1) is 6.92 Å². The van der Waals surface area contributed by atoms with Crippen molar-refractivity contribution in [3.8, 4) is 5.75 Å². The Kier molecular flexibility index (Phi) is 4.17. The average Bonchev–Trinajstić information content (AvgIpc) is 2.15. The van der Waals surface area contributed by atoms with Crippen molar-refractivity contribution in [3.05, 3.63) is 40.4 Å². The number of ether oxygens (including phenoxy) is 1. The van der Waals surface area contributed by atoms with Gasteiger partial charge in [0.05, 0.1) is 0 Å². The molecule has 0 fully saturated rings. The molecular formula is C11H14BrNO. The minimum atomic E-state index is 0.468. The molecule has 0 aliphatic rings. The summed E-state index contributed by atoms with van der Waals surface area (Å²) >= 11 is 3.24. The molecule has 2 nitrogen and oxygen atoms in total. The van der Waals surface area contributed by atoms with Gasteiger partial charge >= 0.3 is 0 Å². The van der Waals surface area contributed by atoms with Gasteiger partial charge in [0.1, 0.15) is 12.4 Å². The molecule has 0 saturated carbocycles. The van der Waals surface area contributed by atoms with E-state index in [1.54, 1.807) is 0 Å². The largest absolute Gasteiger partial charge is 0.488 e. The summed E-state index contributed by atoms with van der Waals surface area (Å²) in [5.74, 6) is 0.832. The minimum absolute atomic E-state index is 0.468. The van der Waals surface area contributed by atoms with Crippen LogP contribution in [0.2, 0.25) is 0 Å². The van der Waals surface area contributed by atoms with Gasteiger partial charge in [-0.3, -0.25) is 0 Å². The summed E-state index contributed by atoms with van der Waals surface area (Å²) in [6.07, 6.45) is 0. The second-order valence-electron chi connectivity index (χ2n) is 3.12. The molecule has 76 valence electrons. The predicted molar refractivity (Wildman–Crippen MR) is 62.6 cm³/mol. The maximum Gasteiger partial charge on any atom is 0.124 e. The average molecular weight is 256 g/mol.